The fraction of sp³-hybridized carbons (Fsp3) is 0.200. The number of halogens is 2. The molecule has 0 aliphatic heterocycles. The van der Waals surface area contributed by atoms with Crippen LogP contribution in [0.1, 0.15) is 11.1 Å². The van der Waals surface area contributed by atoms with Crippen LogP contribution in [0.3, 0.4) is 0 Å². The maximum Gasteiger partial charge on any atom is 0.137 e. The van der Waals surface area contributed by atoms with Crippen LogP contribution in [0.2, 0.25) is 0 Å². The van der Waals surface area contributed by atoms with Crippen LogP contribution in [0.5, 0.6) is 0 Å². The van der Waals surface area contributed by atoms with Gasteiger partial charge >= 0.3 is 0 Å². The zero-order valence-electron chi connectivity index (χ0n) is 10.2. The average Bonchev–Trinajstić information content (AvgIpc) is 2.35. The zero-order valence-corrected chi connectivity index (χ0v) is 11.8. The predicted molar refractivity (Wildman–Crippen MR) is 75.7 cm³/mol. The van der Waals surface area contributed by atoms with Crippen molar-refractivity contribution in [3.05, 3.63) is 69.9 Å². The van der Waals surface area contributed by atoms with Crippen LogP contribution in [-0.2, 0) is 13.1 Å². The molecule has 0 heterocycles. The van der Waals surface area contributed by atoms with Gasteiger partial charge in [0.1, 0.15) is 5.82 Å². The molecule has 0 fully saturated rings. The molecule has 18 heavy (non-hydrogen) atoms. The van der Waals surface area contributed by atoms with Crippen LogP contribution in [0.25, 0.3) is 0 Å². The first kappa shape index (κ1) is 13.2. The third-order valence-corrected chi connectivity index (χ3v) is 3.34. The Labute approximate surface area is 115 Å². The minimum absolute atomic E-state index is 0.218. The first-order valence-electron chi connectivity index (χ1n) is 5.81. The maximum atomic E-state index is 13.1. The van der Waals surface area contributed by atoms with E-state index in [2.05, 4.69) is 40.0 Å². The smallest absolute Gasteiger partial charge is 0.137 e. The van der Waals surface area contributed by atoms with Crippen LogP contribution in [0.4, 0.5) is 4.39 Å². The second-order valence-electron chi connectivity index (χ2n) is 4.41. The van der Waals surface area contributed by atoms with E-state index in [1.807, 2.05) is 30.3 Å². The van der Waals surface area contributed by atoms with Crippen LogP contribution in [0, 0.1) is 5.82 Å². The van der Waals surface area contributed by atoms with Crippen molar-refractivity contribution in [2.75, 3.05) is 7.05 Å². The quantitative estimate of drug-likeness (QED) is 0.817. The van der Waals surface area contributed by atoms with Gasteiger partial charge in [0.15, 0.2) is 0 Å². The molecule has 1 nitrogen and oxygen atoms in total. The molecule has 2 aromatic rings. The van der Waals surface area contributed by atoms with E-state index in [-0.39, 0.29) is 5.82 Å². The van der Waals surface area contributed by atoms with Gasteiger partial charge in [-0.3, -0.25) is 4.90 Å². The highest BCUT2D eigenvalue weighted by molar-refractivity contribution is 9.10. The minimum atomic E-state index is -0.218. The van der Waals surface area contributed by atoms with Gasteiger partial charge in [0.2, 0.25) is 0 Å². The summed E-state index contributed by atoms with van der Waals surface area (Å²) in [6.07, 6.45) is 0. The second-order valence-corrected chi connectivity index (χ2v) is 5.26. The molecular formula is C15H15BrFN. The molecule has 0 aromatic heterocycles. The summed E-state index contributed by atoms with van der Waals surface area (Å²) in [5, 5.41) is 0. The van der Waals surface area contributed by atoms with E-state index in [0.717, 1.165) is 18.7 Å². The molecule has 0 aliphatic rings. The monoisotopic (exact) mass is 307 g/mol. The van der Waals surface area contributed by atoms with Crippen molar-refractivity contribution in [2.24, 2.45) is 0 Å². The molecule has 0 amide bonds. The molecular weight excluding hydrogens is 293 g/mol. The summed E-state index contributed by atoms with van der Waals surface area (Å²) in [6, 6.07) is 15.5. The number of nitrogens with zero attached hydrogens (tertiary/aromatic N) is 1. The molecule has 0 N–H and O–H groups in total. The number of rotatable bonds is 4. The summed E-state index contributed by atoms with van der Waals surface area (Å²) in [5.74, 6) is -0.218. The lowest BCUT2D eigenvalue weighted by Crippen LogP contribution is -2.17. The fourth-order valence-corrected chi connectivity index (χ4v) is 2.33. The van der Waals surface area contributed by atoms with Gasteiger partial charge in [-0.25, -0.2) is 4.39 Å². The molecule has 0 saturated carbocycles. The highest BCUT2D eigenvalue weighted by atomic mass is 79.9. The van der Waals surface area contributed by atoms with Gasteiger partial charge < -0.3 is 0 Å². The molecule has 0 bridgehead atoms. The second kappa shape index (κ2) is 6.12. The SMILES string of the molecule is CN(Cc1ccccc1)Cc1ccc(F)c(Br)c1. The summed E-state index contributed by atoms with van der Waals surface area (Å²) >= 11 is 3.21. The van der Waals surface area contributed by atoms with E-state index >= 15 is 0 Å². The highest BCUT2D eigenvalue weighted by Crippen LogP contribution is 2.18. The van der Waals surface area contributed by atoms with Crippen molar-refractivity contribution in [3.63, 3.8) is 0 Å². The molecule has 2 aromatic carbocycles. The Hall–Kier alpha value is -1.19. The Morgan fingerprint density at radius 1 is 1.00 bits per heavy atom. The average molecular weight is 308 g/mol. The Bertz CT molecular complexity index is 513. The van der Waals surface area contributed by atoms with Gasteiger partial charge in [0.05, 0.1) is 4.47 Å². The number of hydrogen-bond acceptors (Lipinski definition) is 1. The first-order valence-corrected chi connectivity index (χ1v) is 6.61. The van der Waals surface area contributed by atoms with Gasteiger partial charge in [-0.15, -0.1) is 0 Å². The number of benzene rings is 2. The van der Waals surface area contributed by atoms with Crippen LogP contribution in [-0.4, -0.2) is 11.9 Å². The van der Waals surface area contributed by atoms with Crippen molar-refractivity contribution in [1.82, 2.24) is 4.90 Å². The zero-order chi connectivity index (χ0) is 13.0. The first-order chi connectivity index (χ1) is 8.65. The third kappa shape index (κ3) is 3.65. The van der Waals surface area contributed by atoms with E-state index in [4.69, 9.17) is 0 Å². The van der Waals surface area contributed by atoms with Crippen molar-refractivity contribution in [2.45, 2.75) is 13.1 Å². The molecule has 0 radical (unpaired) electrons. The molecule has 0 aliphatic carbocycles. The summed E-state index contributed by atoms with van der Waals surface area (Å²) in [4.78, 5) is 2.20. The minimum Gasteiger partial charge on any atom is -0.298 e. The largest absolute Gasteiger partial charge is 0.298 e. The lowest BCUT2D eigenvalue weighted by atomic mass is 10.2. The van der Waals surface area contributed by atoms with Crippen LogP contribution < -0.4 is 0 Å². The highest BCUT2D eigenvalue weighted by Gasteiger charge is 2.04. The standard InChI is InChI=1S/C15H15BrFN/c1-18(10-12-5-3-2-4-6-12)11-13-7-8-15(17)14(16)9-13/h2-9H,10-11H2,1H3. The third-order valence-electron chi connectivity index (χ3n) is 2.73. The molecule has 3 heteroatoms. The number of hydrogen-bond donors (Lipinski definition) is 0. The van der Waals surface area contributed by atoms with Crippen molar-refractivity contribution in [3.8, 4) is 0 Å². The molecule has 0 saturated heterocycles. The van der Waals surface area contributed by atoms with E-state index < -0.39 is 0 Å². The van der Waals surface area contributed by atoms with Crippen LogP contribution in [0.15, 0.2) is 53.0 Å². The van der Waals surface area contributed by atoms with Crippen molar-refractivity contribution in [1.29, 1.82) is 0 Å². The molecule has 2 rings (SSSR count). The lowest BCUT2D eigenvalue weighted by Gasteiger charge is -2.17. The van der Waals surface area contributed by atoms with Gasteiger partial charge in [0, 0.05) is 13.1 Å². The Morgan fingerprint density at radius 2 is 1.67 bits per heavy atom. The molecule has 0 spiro atoms. The molecule has 0 atom stereocenters. The Balaban J connectivity index is 1.99. The maximum absolute atomic E-state index is 13.1. The van der Waals surface area contributed by atoms with Crippen molar-refractivity contribution < 1.29 is 4.39 Å². The lowest BCUT2D eigenvalue weighted by molar-refractivity contribution is 0.319. The van der Waals surface area contributed by atoms with Crippen LogP contribution >= 0.6 is 15.9 Å². The van der Waals surface area contributed by atoms with Gasteiger partial charge in [-0.2, -0.15) is 0 Å². The summed E-state index contributed by atoms with van der Waals surface area (Å²) < 4.78 is 13.6. The van der Waals surface area contributed by atoms with E-state index in [0.29, 0.717) is 4.47 Å². The van der Waals surface area contributed by atoms with E-state index in [9.17, 15) is 4.39 Å². The summed E-state index contributed by atoms with van der Waals surface area (Å²) in [5.41, 5.74) is 2.38. The van der Waals surface area contributed by atoms with Crippen molar-refractivity contribution >= 4 is 15.9 Å². The predicted octanol–water partition coefficient (Wildman–Crippen LogP) is 4.22. The fourth-order valence-electron chi connectivity index (χ4n) is 1.90. The summed E-state index contributed by atoms with van der Waals surface area (Å²) in [6.45, 7) is 1.68. The normalized spacial score (nSPS) is 10.9. The molecule has 94 valence electrons. The topological polar surface area (TPSA) is 3.24 Å². The van der Waals surface area contributed by atoms with E-state index in [1.165, 1.54) is 11.6 Å². The Morgan fingerprint density at radius 3 is 2.33 bits per heavy atom. The Kier molecular flexibility index (Phi) is 4.50. The van der Waals surface area contributed by atoms with Gasteiger partial charge in [0.25, 0.3) is 0 Å². The van der Waals surface area contributed by atoms with E-state index in [1.54, 1.807) is 0 Å². The van der Waals surface area contributed by atoms with Gasteiger partial charge in [-0.05, 0) is 46.2 Å². The molecule has 0 unspecified atom stereocenters. The van der Waals surface area contributed by atoms with Gasteiger partial charge in [-0.1, -0.05) is 36.4 Å². The summed E-state index contributed by atoms with van der Waals surface area (Å²) in [7, 11) is 2.06.